The van der Waals surface area contributed by atoms with E-state index in [4.69, 9.17) is 11.6 Å². The van der Waals surface area contributed by atoms with Gasteiger partial charge in [-0.25, -0.2) is 4.39 Å². The van der Waals surface area contributed by atoms with E-state index in [2.05, 4.69) is 5.32 Å². The van der Waals surface area contributed by atoms with Crippen LogP contribution in [0.4, 0.5) is 10.1 Å². The van der Waals surface area contributed by atoms with Gasteiger partial charge in [0.25, 0.3) is 0 Å². The minimum atomic E-state index is -0.374. The highest BCUT2D eigenvalue weighted by Gasteiger charge is 2.12. The van der Waals surface area contributed by atoms with Crippen LogP contribution in [0.15, 0.2) is 36.4 Å². The summed E-state index contributed by atoms with van der Waals surface area (Å²) in [5, 5.41) is 13.3. The lowest BCUT2D eigenvalue weighted by molar-refractivity contribution is 0.465. The van der Waals surface area contributed by atoms with E-state index < -0.39 is 0 Å². The fourth-order valence-corrected chi connectivity index (χ4v) is 2.16. The molecular formula is C15H15ClFNO. The van der Waals surface area contributed by atoms with Gasteiger partial charge < -0.3 is 10.4 Å². The maximum atomic E-state index is 13.0. The van der Waals surface area contributed by atoms with E-state index >= 15 is 0 Å². The van der Waals surface area contributed by atoms with Gasteiger partial charge in [-0.3, -0.25) is 0 Å². The molecule has 0 heterocycles. The number of aromatic hydroxyl groups is 1. The molecule has 0 aliphatic heterocycles. The van der Waals surface area contributed by atoms with E-state index in [0.717, 1.165) is 11.1 Å². The van der Waals surface area contributed by atoms with Gasteiger partial charge >= 0.3 is 0 Å². The Morgan fingerprint density at radius 3 is 2.63 bits per heavy atom. The maximum absolute atomic E-state index is 13.0. The molecule has 0 saturated carbocycles. The van der Waals surface area contributed by atoms with Crippen LogP contribution in [0.5, 0.6) is 5.75 Å². The van der Waals surface area contributed by atoms with Gasteiger partial charge in [0.05, 0.1) is 16.8 Å². The number of hydrogen-bond acceptors (Lipinski definition) is 2. The average molecular weight is 280 g/mol. The third-order valence-corrected chi connectivity index (χ3v) is 3.27. The molecule has 1 unspecified atom stereocenters. The normalized spacial score (nSPS) is 12.2. The lowest BCUT2D eigenvalue weighted by Crippen LogP contribution is -2.07. The fourth-order valence-electron chi connectivity index (χ4n) is 1.94. The van der Waals surface area contributed by atoms with E-state index in [1.54, 1.807) is 12.1 Å². The summed E-state index contributed by atoms with van der Waals surface area (Å²) in [5.74, 6) is -0.148. The summed E-state index contributed by atoms with van der Waals surface area (Å²) < 4.78 is 13.0. The summed E-state index contributed by atoms with van der Waals surface area (Å²) in [4.78, 5) is 0. The average Bonchev–Trinajstić information content (AvgIpc) is 2.35. The molecule has 0 aromatic heterocycles. The zero-order chi connectivity index (χ0) is 14.0. The van der Waals surface area contributed by atoms with Gasteiger partial charge in [0, 0.05) is 5.56 Å². The van der Waals surface area contributed by atoms with Crippen LogP contribution in [0, 0.1) is 12.7 Å². The first-order chi connectivity index (χ1) is 8.97. The third-order valence-electron chi connectivity index (χ3n) is 2.95. The van der Waals surface area contributed by atoms with Crippen molar-refractivity contribution >= 4 is 17.3 Å². The summed E-state index contributed by atoms with van der Waals surface area (Å²) in [6, 6.07) is 9.46. The highest BCUT2D eigenvalue weighted by atomic mass is 35.5. The first-order valence-electron chi connectivity index (χ1n) is 5.98. The van der Waals surface area contributed by atoms with Gasteiger partial charge in [-0.15, -0.1) is 0 Å². The van der Waals surface area contributed by atoms with Crippen molar-refractivity contribution in [3.63, 3.8) is 0 Å². The molecule has 2 rings (SSSR count). The zero-order valence-electron chi connectivity index (χ0n) is 10.7. The first-order valence-corrected chi connectivity index (χ1v) is 6.36. The molecule has 0 amide bonds. The van der Waals surface area contributed by atoms with Gasteiger partial charge in [0.2, 0.25) is 0 Å². The van der Waals surface area contributed by atoms with E-state index in [9.17, 15) is 9.50 Å². The van der Waals surface area contributed by atoms with Gasteiger partial charge in [-0.2, -0.15) is 0 Å². The summed E-state index contributed by atoms with van der Waals surface area (Å²) in [7, 11) is 0. The van der Waals surface area contributed by atoms with Crippen LogP contribution in [-0.4, -0.2) is 5.11 Å². The smallest absolute Gasteiger partial charge is 0.124 e. The fraction of sp³-hybridized carbons (Fsp3) is 0.200. The molecule has 0 saturated heterocycles. The van der Waals surface area contributed by atoms with Gasteiger partial charge in [0.15, 0.2) is 0 Å². The van der Waals surface area contributed by atoms with Gasteiger partial charge in [-0.05, 0) is 38.1 Å². The zero-order valence-corrected chi connectivity index (χ0v) is 11.5. The van der Waals surface area contributed by atoms with E-state index in [0.29, 0.717) is 10.7 Å². The number of benzene rings is 2. The molecule has 2 aromatic rings. The Bertz CT molecular complexity index is 601. The molecular weight excluding hydrogens is 265 g/mol. The Kier molecular flexibility index (Phi) is 3.96. The lowest BCUT2D eigenvalue weighted by atomic mass is 10.0. The van der Waals surface area contributed by atoms with Crippen LogP contribution in [0.1, 0.15) is 24.1 Å². The number of anilines is 1. The highest BCUT2D eigenvalue weighted by molar-refractivity contribution is 6.33. The Balaban J connectivity index is 2.25. The van der Waals surface area contributed by atoms with Crippen molar-refractivity contribution in [3.05, 3.63) is 58.4 Å². The molecule has 2 aromatic carbocycles. The monoisotopic (exact) mass is 279 g/mol. The Labute approximate surface area is 116 Å². The Hall–Kier alpha value is -1.74. The predicted octanol–water partition coefficient (Wildman–Crippen LogP) is 4.67. The molecule has 0 aliphatic rings. The lowest BCUT2D eigenvalue weighted by Gasteiger charge is -2.18. The van der Waals surface area contributed by atoms with Crippen molar-refractivity contribution in [1.82, 2.24) is 0 Å². The second-order valence-electron chi connectivity index (χ2n) is 4.55. The van der Waals surface area contributed by atoms with Crippen molar-refractivity contribution in [1.29, 1.82) is 0 Å². The largest absolute Gasteiger partial charge is 0.508 e. The second-order valence-corrected chi connectivity index (χ2v) is 4.96. The van der Waals surface area contributed by atoms with Crippen molar-refractivity contribution in [2.24, 2.45) is 0 Å². The van der Waals surface area contributed by atoms with E-state index in [1.807, 2.05) is 26.0 Å². The van der Waals surface area contributed by atoms with Crippen LogP contribution in [0.2, 0.25) is 5.02 Å². The van der Waals surface area contributed by atoms with Crippen molar-refractivity contribution in [2.45, 2.75) is 19.9 Å². The molecule has 0 spiro atoms. The summed E-state index contributed by atoms with van der Waals surface area (Å²) >= 11 is 5.97. The minimum absolute atomic E-state index is 0.136. The molecule has 0 aliphatic carbocycles. The van der Waals surface area contributed by atoms with Crippen molar-refractivity contribution in [2.75, 3.05) is 5.32 Å². The molecule has 4 heteroatoms. The molecule has 19 heavy (non-hydrogen) atoms. The number of rotatable bonds is 3. The molecule has 0 bridgehead atoms. The summed E-state index contributed by atoms with van der Waals surface area (Å²) in [6.07, 6.45) is 0. The van der Waals surface area contributed by atoms with Gasteiger partial charge in [0.1, 0.15) is 11.6 Å². The van der Waals surface area contributed by atoms with E-state index in [-0.39, 0.29) is 17.6 Å². The van der Waals surface area contributed by atoms with Crippen LogP contribution >= 0.6 is 11.6 Å². The summed E-state index contributed by atoms with van der Waals surface area (Å²) in [6.45, 7) is 3.87. The number of aryl methyl sites for hydroxylation is 1. The number of phenols is 1. The highest BCUT2D eigenvalue weighted by Crippen LogP contribution is 2.30. The first kappa shape index (κ1) is 13.7. The maximum Gasteiger partial charge on any atom is 0.124 e. The number of halogens is 2. The standard InChI is InChI=1S/C15H15ClFNO/c1-9-3-6-15(19)12(7-9)10(2)18-14-5-4-11(17)8-13(14)16/h3-8,10,18-19H,1-2H3. The molecule has 0 fully saturated rings. The SMILES string of the molecule is Cc1ccc(O)c(C(C)Nc2ccc(F)cc2Cl)c1. The van der Waals surface area contributed by atoms with Crippen LogP contribution < -0.4 is 5.32 Å². The number of nitrogens with one attached hydrogen (secondary N) is 1. The van der Waals surface area contributed by atoms with Crippen molar-refractivity contribution < 1.29 is 9.50 Å². The van der Waals surface area contributed by atoms with E-state index in [1.165, 1.54) is 12.1 Å². The quantitative estimate of drug-likeness (QED) is 0.856. The minimum Gasteiger partial charge on any atom is -0.508 e. The molecule has 2 nitrogen and oxygen atoms in total. The summed E-state index contributed by atoms with van der Waals surface area (Å²) in [5.41, 5.74) is 2.48. The van der Waals surface area contributed by atoms with Crippen LogP contribution in [0.3, 0.4) is 0 Å². The molecule has 0 radical (unpaired) electrons. The van der Waals surface area contributed by atoms with Crippen LogP contribution in [0.25, 0.3) is 0 Å². The van der Waals surface area contributed by atoms with Gasteiger partial charge in [-0.1, -0.05) is 29.3 Å². The Morgan fingerprint density at radius 1 is 1.21 bits per heavy atom. The topological polar surface area (TPSA) is 32.3 Å². The predicted molar refractivity (Wildman–Crippen MR) is 76.3 cm³/mol. The van der Waals surface area contributed by atoms with Crippen molar-refractivity contribution in [3.8, 4) is 5.75 Å². The third kappa shape index (κ3) is 3.18. The number of hydrogen-bond donors (Lipinski definition) is 2. The number of phenolic OH excluding ortho intramolecular Hbond substituents is 1. The molecule has 100 valence electrons. The molecule has 1 atom stereocenters. The Morgan fingerprint density at radius 2 is 1.95 bits per heavy atom. The van der Waals surface area contributed by atoms with Crippen LogP contribution in [-0.2, 0) is 0 Å². The molecule has 2 N–H and O–H groups in total. The second kappa shape index (κ2) is 5.49.